The number of rotatable bonds is 6. The van der Waals surface area contributed by atoms with Gasteiger partial charge in [-0.15, -0.1) is 5.10 Å². The van der Waals surface area contributed by atoms with Gasteiger partial charge in [0, 0.05) is 10.4 Å². The molecule has 1 aliphatic carbocycles. The van der Waals surface area contributed by atoms with E-state index in [4.69, 9.17) is 4.74 Å². The molecule has 0 radical (unpaired) electrons. The summed E-state index contributed by atoms with van der Waals surface area (Å²) in [6, 6.07) is 8.18. The highest BCUT2D eigenvalue weighted by molar-refractivity contribution is 9.10. The van der Waals surface area contributed by atoms with Gasteiger partial charge < -0.3 is 4.74 Å². The van der Waals surface area contributed by atoms with E-state index < -0.39 is 5.60 Å². The van der Waals surface area contributed by atoms with Crippen LogP contribution in [0.1, 0.15) is 63.8 Å². The zero-order valence-electron chi connectivity index (χ0n) is 16.1. The molecule has 1 saturated carbocycles. The second kappa shape index (κ2) is 8.50. The second-order valence-corrected chi connectivity index (χ2v) is 9.24. The van der Waals surface area contributed by atoms with E-state index in [0.717, 1.165) is 35.7 Å². The van der Waals surface area contributed by atoms with Crippen LogP contribution in [0.3, 0.4) is 0 Å². The number of carbonyl (C=O) groups is 1. The van der Waals surface area contributed by atoms with Gasteiger partial charge in [-0.3, -0.25) is 4.79 Å². The molecule has 1 aliphatic rings. The minimum absolute atomic E-state index is 0.140. The van der Waals surface area contributed by atoms with Crippen molar-refractivity contribution in [2.45, 2.75) is 64.4 Å². The molecule has 0 aliphatic heterocycles. The number of H-pyrrole nitrogens is 1. The lowest BCUT2D eigenvalue weighted by Crippen LogP contribution is -2.36. The van der Waals surface area contributed by atoms with Gasteiger partial charge >= 0.3 is 5.97 Å². The van der Waals surface area contributed by atoms with Crippen LogP contribution in [0.4, 0.5) is 0 Å². The second-order valence-electron chi connectivity index (χ2n) is 8.33. The maximum absolute atomic E-state index is 13.2. The van der Waals surface area contributed by atoms with Crippen LogP contribution < -0.4 is 0 Å². The molecule has 2 aromatic rings. The van der Waals surface area contributed by atoms with Gasteiger partial charge in [0.2, 0.25) is 0 Å². The van der Waals surface area contributed by atoms with E-state index >= 15 is 0 Å². The van der Waals surface area contributed by atoms with Gasteiger partial charge in [-0.2, -0.15) is 0 Å². The molecule has 0 amide bonds. The summed E-state index contributed by atoms with van der Waals surface area (Å²) in [5.74, 6) is 0.406. The van der Waals surface area contributed by atoms with Crippen LogP contribution in [0.25, 0.3) is 0 Å². The molecule has 0 spiro atoms. The highest BCUT2D eigenvalue weighted by Gasteiger charge is 2.41. The first-order valence-electron chi connectivity index (χ1n) is 9.54. The Morgan fingerprint density at radius 1 is 1.26 bits per heavy atom. The number of benzene rings is 1. The van der Waals surface area contributed by atoms with Crippen molar-refractivity contribution in [2.75, 3.05) is 0 Å². The molecule has 1 N–H and O–H groups in total. The number of nitrogens with one attached hydrogen (secondary N) is 1. The molecule has 2 atom stereocenters. The van der Waals surface area contributed by atoms with E-state index in [0.29, 0.717) is 18.2 Å². The van der Waals surface area contributed by atoms with E-state index in [1.54, 1.807) is 0 Å². The number of aromatic nitrogens is 4. The third-order valence-corrected chi connectivity index (χ3v) is 5.63. The van der Waals surface area contributed by atoms with Crippen molar-refractivity contribution in [3.05, 3.63) is 40.1 Å². The Kier molecular flexibility index (Phi) is 6.29. The Balaban J connectivity index is 1.93. The summed E-state index contributed by atoms with van der Waals surface area (Å²) in [5, 5.41) is 14.6. The fourth-order valence-electron chi connectivity index (χ4n) is 3.96. The molecule has 6 nitrogen and oxygen atoms in total. The lowest BCUT2D eigenvalue weighted by Gasteiger charge is -2.31. The number of hydrogen-bond donors (Lipinski definition) is 1. The number of esters is 1. The minimum Gasteiger partial charge on any atom is -0.460 e. The van der Waals surface area contributed by atoms with E-state index in [-0.39, 0.29) is 17.8 Å². The van der Waals surface area contributed by atoms with Crippen molar-refractivity contribution in [3.63, 3.8) is 0 Å². The molecule has 7 heteroatoms. The fraction of sp³-hybridized carbons (Fsp3) is 0.600. The predicted molar refractivity (Wildman–Crippen MR) is 106 cm³/mol. The molecule has 146 valence electrons. The summed E-state index contributed by atoms with van der Waals surface area (Å²) in [6.07, 6.45) is 5.09. The monoisotopic (exact) mass is 434 g/mol. The number of halogens is 1. The zero-order chi connectivity index (χ0) is 19.4. The molecular formula is C20H27BrN4O2. The Hall–Kier alpha value is -1.76. The average Bonchev–Trinajstić information content (AvgIpc) is 3.28. The summed E-state index contributed by atoms with van der Waals surface area (Å²) < 4.78 is 6.85. The van der Waals surface area contributed by atoms with E-state index in [1.807, 2.05) is 32.9 Å². The molecule has 0 saturated heterocycles. The first-order valence-corrected chi connectivity index (χ1v) is 10.3. The van der Waals surface area contributed by atoms with Crippen molar-refractivity contribution < 1.29 is 9.53 Å². The number of ether oxygens (including phenoxy) is 1. The summed E-state index contributed by atoms with van der Waals surface area (Å²) >= 11 is 3.48. The number of nitrogens with zero attached hydrogens (tertiary/aromatic N) is 3. The molecule has 1 fully saturated rings. The highest BCUT2D eigenvalue weighted by Crippen LogP contribution is 2.41. The summed E-state index contributed by atoms with van der Waals surface area (Å²) in [4.78, 5) is 13.2. The Bertz CT molecular complexity index is 734. The van der Waals surface area contributed by atoms with Crippen molar-refractivity contribution >= 4 is 21.9 Å². The van der Waals surface area contributed by atoms with Gasteiger partial charge in [-0.1, -0.05) is 40.9 Å². The third-order valence-electron chi connectivity index (χ3n) is 5.10. The van der Waals surface area contributed by atoms with E-state index in [2.05, 4.69) is 48.7 Å². The quantitative estimate of drug-likeness (QED) is 0.679. The average molecular weight is 435 g/mol. The minimum atomic E-state index is -0.518. The molecule has 1 aromatic heterocycles. The van der Waals surface area contributed by atoms with E-state index in [1.165, 1.54) is 0 Å². The van der Waals surface area contributed by atoms with Crippen LogP contribution in [0.2, 0.25) is 0 Å². The van der Waals surface area contributed by atoms with Crippen LogP contribution in [0.5, 0.6) is 0 Å². The summed E-state index contributed by atoms with van der Waals surface area (Å²) in [5.41, 5.74) is 0.626. The lowest BCUT2D eigenvalue weighted by molar-refractivity contribution is -0.163. The molecule has 1 heterocycles. The largest absolute Gasteiger partial charge is 0.460 e. The van der Waals surface area contributed by atoms with E-state index in [9.17, 15) is 4.79 Å². The number of tetrazole rings is 1. The first kappa shape index (κ1) is 20.0. The van der Waals surface area contributed by atoms with Crippen LogP contribution in [0, 0.1) is 11.8 Å². The van der Waals surface area contributed by atoms with Gasteiger partial charge in [-0.05, 0) is 74.1 Å². The summed E-state index contributed by atoms with van der Waals surface area (Å²) in [7, 11) is 0. The van der Waals surface area contributed by atoms with Gasteiger partial charge in [0.25, 0.3) is 0 Å². The number of aromatic amines is 1. The van der Waals surface area contributed by atoms with Gasteiger partial charge in [-0.25, -0.2) is 5.10 Å². The predicted octanol–water partition coefficient (Wildman–Crippen LogP) is 4.44. The standard InChI is InChI=1S/C20H27BrN4O2/c1-20(2,3)27-19(26)17(14-6-4-5-7-14)16(18-22-24-25-23-18)12-13-8-10-15(21)11-9-13/h8-11,14,16-17H,4-7,12H2,1-3H3,(H,22,23,24,25)/t16-,17-/m0/s1. The van der Waals surface area contributed by atoms with Crippen LogP contribution in [-0.2, 0) is 16.0 Å². The zero-order valence-corrected chi connectivity index (χ0v) is 17.7. The molecule has 0 bridgehead atoms. The molecule has 0 unspecified atom stereocenters. The van der Waals surface area contributed by atoms with Crippen molar-refractivity contribution in [3.8, 4) is 0 Å². The Labute approximate surface area is 168 Å². The van der Waals surface area contributed by atoms with Crippen LogP contribution in [-0.4, -0.2) is 32.2 Å². The molecular weight excluding hydrogens is 408 g/mol. The van der Waals surface area contributed by atoms with Crippen molar-refractivity contribution in [1.82, 2.24) is 20.6 Å². The third kappa shape index (κ3) is 5.37. The van der Waals surface area contributed by atoms with Crippen LogP contribution in [0.15, 0.2) is 28.7 Å². The normalized spacial score (nSPS) is 17.6. The number of carbonyl (C=O) groups excluding carboxylic acids is 1. The van der Waals surface area contributed by atoms with Gasteiger partial charge in [0.15, 0.2) is 5.82 Å². The summed E-state index contributed by atoms with van der Waals surface area (Å²) in [6.45, 7) is 5.74. The molecule has 1 aromatic carbocycles. The maximum atomic E-state index is 13.2. The Morgan fingerprint density at radius 2 is 1.93 bits per heavy atom. The first-order chi connectivity index (χ1) is 12.8. The van der Waals surface area contributed by atoms with Crippen LogP contribution >= 0.6 is 15.9 Å². The van der Waals surface area contributed by atoms with Gasteiger partial charge in [0.05, 0.1) is 5.92 Å². The molecule has 27 heavy (non-hydrogen) atoms. The topological polar surface area (TPSA) is 80.8 Å². The number of hydrogen-bond acceptors (Lipinski definition) is 5. The smallest absolute Gasteiger partial charge is 0.310 e. The lowest BCUT2D eigenvalue weighted by atomic mass is 9.77. The fourth-order valence-corrected chi connectivity index (χ4v) is 4.23. The van der Waals surface area contributed by atoms with Crippen molar-refractivity contribution in [2.24, 2.45) is 11.8 Å². The van der Waals surface area contributed by atoms with Gasteiger partial charge in [0.1, 0.15) is 5.60 Å². The SMILES string of the molecule is CC(C)(C)OC(=O)[C@@H](C1CCCC1)[C@H](Cc1ccc(Br)cc1)c1nnn[nH]1. The Morgan fingerprint density at radius 3 is 2.48 bits per heavy atom. The molecule has 3 rings (SSSR count). The van der Waals surface area contributed by atoms with Crippen molar-refractivity contribution in [1.29, 1.82) is 0 Å². The highest BCUT2D eigenvalue weighted by atomic mass is 79.9. The maximum Gasteiger partial charge on any atom is 0.310 e.